The molecule has 4 aromatic rings. The topological polar surface area (TPSA) is 58.4 Å². The molecule has 0 radical (unpaired) electrons. The highest BCUT2D eigenvalue weighted by Crippen LogP contribution is 2.47. The summed E-state index contributed by atoms with van der Waals surface area (Å²) < 4.78 is 2.43. The van der Waals surface area contributed by atoms with Crippen molar-refractivity contribution in [1.82, 2.24) is 9.55 Å². The van der Waals surface area contributed by atoms with Crippen LogP contribution in [0.3, 0.4) is 0 Å². The van der Waals surface area contributed by atoms with Crippen LogP contribution in [0.1, 0.15) is 72.5 Å². The maximum Gasteiger partial charge on any atom is 0.335 e. The molecule has 0 saturated heterocycles. The Labute approximate surface area is 218 Å². The average Bonchev–Trinajstić information content (AvgIpc) is 3.17. The Balaban J connectivity index is 1.38. The summed E-state index contributed by atoms with van der Waals surface area (Å²) in [7, 11) is 0. The minimum atomic E-state index is -0.861. The Morgan fingerprint density at radius 1 is 0.946 bits per heavy atom. The SMILES string of the molecule is O=C(O)c1ccc2c(C3CCCCC3)c3n(c2c1)CCN(CCCCc1ccccn1)c1ccccc1-3. The molecule has 2 aromatic heterocycles. The van der Waals surface area contributed by atoms with Gasteiger partial charge in [0, 0.05) is 53.7 Å². The number of carboxylic acid groups (broad SMARTS) is 1. The molecular formula is C32H35N3O2. The number of pyridine rings is 1. The fraction of sp³-hybridized carbons (Fsp3) is 0.375. The number of benzene rings is 2. The summed E-state index contributed by atoms with van der Waals surface area (Å²) in [6.45, 7) is 2.78. The molecule has 190 valence electrons. The van der Waals surface area contributed by atoms with Crippen LogP contribution in [0.4, 0.5) is 5.69 Å². The predicted octanol–water partition coefficient (Wildman–Crippen LogP) is 7.29. The van der Waals surface area contributed by atoms with Gasteiger partial charge in [0.1, 0.15) is 0 Å². The maximum absolute atomic E-state index is 11.9. The quantitative estimate of drug-likeness (QED) is 0.275. The van der Waals surface area contributed by atoms with Gasteiger partial charge in [0.15, 0.2) is 0 Å². The van der Waals surface area contributed by atoms with Gasteiger partial charge in [-0.25, -0.2) is 4.79 Å². The summed E-state index contributed by atoms with van der Waals surface area (Å²) in [5, 5.41) is 11.0. The van der Waals surface area contributed by atoms with E-state index in [1.165, 1.54) is 60.0 Å². The number of aromatic carboxylic acids is 1. The second-order valence-electron chi connectivity index (χ2n) is 10.6. The van der Waals surface area contributed by atoms with Crippen molar-refractivity contribution in [3.63, 3.8) is 0 Å². The number of aromatic nitrogens is 2. The van der Waals surface area contributed by atoms with Gasteiger partial charge in [0.2, 0.25) is 0 Å². The molecule has 1 aliphatic carbocycles. The zero-order chi connectivity index (χ0) is 25.2. The number of carboxylic acids is 1. The van der Waals surface area contributed by atoms with Crippen molar-refractivity contribution in [2.45, 2.75) is 63.8 Å². The molecule has 1 saturated carbocycles. The van der Waals surface area contributed by atoms with Crippen molar-refractivity contribution in [1.29, 1.82) is 0 Å². The Morgan fingerprint density at radius 3 is 2.59 bits per heavy atom. The Hall–Kier alpha value is -3.60. The predicted molar refractivity (Wildman–Crippen MR) is 150 cm³/mol. The highest BCUT2D eigenvalue weighted by atomic mass is 16.4. The van der Waals surface area contributed by atoms with Crippen LogP contribution in [0.25, 0.3) is 22.2 Å². The third-order valence-corrected chi connectivity index (χ3v) is 8.29. The second kappa shape index (κ2) is 10.4. The highest BCUT2D eigenvalue weighted by molar-refractivity contribution is 5.99. The number of aryl methyl sites for hydroxylation is 1. The van der Waals surface area contributed by atoms with Gasteiger partial charge < -0.3 is 14.6 Å². The minimum absolute atomic E-state index is 0.368. The molecule has 2 aliphatic rings. The molecule has 1 fully saturated rings. The molecule has 5 nitrogen and oxygen atoms in total. The molecule has 0 amide bonds. The first-order valence-corrected chi connectivity index (χ1v) is 13.8. The van der Waals surface area contributed by atoms with Crippen LogP contribution in [-0.4, -0.2) is 33.7 Å². The smallest absolute Gasteiger partial charge is 0.335 e. The summed E-state index contributed by atoms with van der Waals surface area (Å²) >= 11 is 0. The van der Waals surface area contributed by atoms with Crippen molar-refractivity contribution in [2.24, 2.45) is 0 Å². The molecule has 5 heteroatoms. The molecule has 6 rings (SSSR count). The van der Waals surface area contributed by atoms with E-state index in [0.29, 0.717) is 11.5 Å². The van der Waals surface area contributed by atoms with Crippen molar-refractivity contribution >= 4 is 22.6 Å². The summed E-state index contributed by atoms with van der Waals surface area (Å²) in [5.41, 5.74) is 7.95. The number of para-hydroxylation sites is 1. The number of rotatable bonds is 7. The molecule has 0 atom stereocenters. The van der Waals surface area contributed by atoms with Crippen LogP contribution in [-0.2, 0) is 13.0 Å². The van der Waals surface area contributed by atoms with Crippen LogP contribution in [0.2, 0.25) is 0 Å². The number of nitrogens with zero attached hydrogens (tertiary/aromatic N) is 3. The minimum Gasteiger partial charge on any atom is -0.478 e. The second-order valence-corrected chi connectivity index (χ2v) is 10.6. The van der Waals surface area contributed by atoms with Crippen molar-refractivity contribution < 1.29 is 9.90 Å². The van der Waals surface area contributed by atoms with Gasteiger partial charge in [0.25, 0.3) is 0 Å². The van der Waals surface area contributed by atoms with E-state index < -0.39 is 5.97 Å². The van der Waals surface area contributed by atoms with Gasteiger partial charge in [-0.1, -0.05) is 49.6 Å². The summed E-state index contributed by atoms with van der Waals surface area (Å²) in [6.07, 6.45) is 11.4. The fourth-order valence-corrected chi connectivity index (χ4v) is 6.51. The van der Waals surface area contributed by atoms with Gasteiger partial charge in [-0.3, -0.25) is 4.98 Å². The lowest BCUT2D eigenvalue weighted by atomic mass is 9.81. The molecule has 0 bridgehead atoms. The molecule has 3 heterocycles. The normalized spacial score (nSPS) is 15.8. The summed E-state index contributed by atoms with van der Waals surface area (Å²) in [5.74, 6) is -0.332. The lowest BCUT2D eigenvalue weighted by molar-refractivity contribution is 0.0697. The van der Waals surface area contributed by atoms with E-state index in [-0.39, 0.29) is 0 Å². The Bertz CT molecular complexity index is 1400. The fourth-order valence-electron chi connectivity index (χ4n) is 6.51. The highest BCUT2D eigenvalue weighted by Gasteiger charge is 2.30. The lowest BCUT2D eigenvalue weighted by Gasteiger charge is -2.26. The molecule has 2 aromatic carbocycles. The third kappa shape index (κ3) is 4.63. The molecular weight excluding hydrogens is 458 g/mol. The van der Waals surface area contributed by atoms with E-state index in [1.807, 2.05) is 18.3 Å². The van der Waals surface area contributed by atoms with Gasteiger partial charge in [0.05, 0.1) is 11.3 Å². The first-order chi connectivity index (χ1) is 18.2. The standard InChI is InChI=1S/C32H35N3O2/c36-32(37)24-16-17-26-29(22-24)35-21-20-34(19-9-7-13-25-12-6-8-18-33-25)28-15-5-4-14-27(28)31(35)30(26)23-10-2-1-3-11-23/h4-6,8,12,14-18,22-23H,1-3,7,9-11,13,19-21H2,(H,36,37). The number of hydrogen-bond donors (Lipinski definition) is 1. The van der Waals surface area contributed by atoms with E-state index in [2.05, 4.69) is 56.9 Å². The third-order valence-electron chi connectivity index (χ3n) is 8.29. The van der Waals surface area contributed by atoms with E-state index >= 15 is 0 Å². The first-order valence-electron chi connectivity index (χ1n) is 13.8. The van der Waals surface area contributed by atoms with Gasteiger partial charge in [-0.15, -0.1) is 0 Å². The molecule has 1 aliphatic heterocycles. The summed E-state index contributed by atoms with van der Waals surface area (Å²) in [6, 6.07) is 20.8. The number of anilines is 1. The van der Waals surface area contributed by atoms with E-state index in [4.69, 9.17) is 0 Å². The average molecular weight is 494 g/mol. The van der Waals surface area contributed by atoms with Crippen LogP contribution in [0.5, 0.6) is 0 Å². The van der Waals surface area contributed by atoms with Crippen LogP contribution >= 0.6 is 0 Å². The first kappa shape index (κ1) is 23.8. The van der Waals surface area contributed by atoms with Gasteiger partial charge >= 0.3 is 5.97 Å². The van der Waals surface area contributed by atoms with Crippen LogP contribution in [0.15, 0.2) is 66.9 Å². The Kier molecular flexibility index (Phi) is 6.69. The van der Waals surface area contributed by atoms with E-state index in [9.17, 15) is 9.90 Å². The van der Waals surface area contributed by atoms with Crippen LogP contribution < -0.4 is 4.90 Å². The van der Waals surface area contributed by atoms with Crippen molar-refractivity contribution in [2.75, 3.05) is 18.0 Å². The molecule has 0 spiro atoms. The lowest BCUT2D eigenvalue weighted by Crippen LogP contribution is -2.27. The van der Waals surface area contributed by atoms with Crippen molar-refractivity contribution in [3.05, 3.63) is 83.7 Å². The molecule has 1 N–H and O–H groups in total. The van der Waals surface area contributed by atoms with Crippen LogP contribution in [0, 0.1) is 0 Å². The Morgan fingerprint density at radius 2 is 1.78 bits per heavy atom. The largest absolute Gasteiger partial charge is 0.478 e. The molecule has 37 heavy (non-hydrogen) atoms. The zero-order valence-electron chi connectivity index (χ0n) is 21.4. The van der Waals surface area contributed by atoms with Gasteiger partial charge in [-0.05, 0) is 73.9 Å². The number of hydrogen-bond acceptors (Lipinski definition) is 3. The zero-order valence-corrected chi connectivity index (χ0v) is 21.4. The number of carbonyl (C=O) groups is 1. The van der Waals surface area contributed by atoms with Crippen molar-refractivity contribution in [3.8, 4) is 11.3 Å². The number of fused-ring (bicyclic) bond motifs is 5. The number of unbranched alkanes of at least 4 members (excludes halogenated alkanes) is 1. The molecule has 0 unspecified atom stereocenters. The van der Waals surface area contributed by atoms with E-state index in [1.54, 1.807) is 6.07 Å². The maximum atomic E-state index is 11.9. The monoisotopic (exact) mass is 493 g/mol. The summed E-state index contributed by atoms with van der Waals surface area (Å²) in [4.78, 5) is 18.9. The van der Waals surface area contributed by atoms with Gasteiger partial charge in [-0.2, -0.15) is 0 Å². The van der Waals surface area contributed by atoms with E-state index in [0.717, 1.165) is 50.1 Å².